The van der Waals surface area contributed by atoms with Gasteiger partial charge in [-0.2, -0.15) is 0 Å². The maximum Gasteiger partial charge on any atom is 0.210 e. The molecule has 0 amide bonds. The Morgan fingerprint density at radius 2 is 2.14 bits per heavy atom. The van der Waals surface area contributed by atoms with Crippen LogP contribution in [0.3, 0.4) is 0 Å². The summed E-state index contributed by atoms with van der Waals surface area (Å²) in [5.41, 5.74) is 0.602. The predicted molar refractivity (Wildman–Crippen MR) is 83.8 cm³/mol. The summed E-state index contributed by atoms with van der Waals surface area (Å²) in [6.07, 6.45) is 0. The zero-order valence-corrected chi connectivity index (χ0v) is 13.7. The summed E-state index contributed by atoms with van der Waals surface area (Å²) in [4.78, 5) is 12.4. The first-order chi connectivity index (χ1) is 9.97. The molecular weight excluding hydrogens is 308 g/mol. The minimum Gasteiger partial charge on any atom is -0.293 e. The van der Waals surface area contributed by atoms with E-state index >= 15 is 0 Å². The Morgan fingerprint density at radius 1 is 1.38 bits per heavy atom. The topological polar surface area (TPSA) is 60.7 Å². The molecule has 0 radical (unpaired) electrons. The molecule has 1 atom stereocenters. The third kappa shape index (κ3) is 4.28. The molecule has 1 heterocycles. The molecule has 0 aliphatic rings. The maximum atomic E-state index is 12.4. The van der Waals surface area contributed by atoms with Gasteiger partial charge in [-0.1, -0.05) is 49.3 Å². The summed E-state index contributed by atoms with van der Waals surface area (Å²) in [5, 5.41) is 12.6. The lowest BCUT2D eigenvalue weighted by Crippen LogP contribution is -2.15. The molecule has 112 valence electrons. The normalized spacial score (nSPS) is 12.6. The Kier molecular flexibility index (Phi) is 5.36. The van der Waals surface area contributed by atoms with Crippen LogP contribution in [0.15, 0.2) is 29.4 Å². The van der Waals surface area contributed by atoms with Crippen LogP contribution >= 0.6 is 23.4 Å². The van der Waals surface area contributed by atoms with E-state index in [0.29, 0.717) is 21.7 Å². The molecule has 1 aromatic heterocycles. The SMILES string of the molecule is CC(C)Cn1nnnc1SC(C)C(=O)c1cccc(Cl)c1. The first-order valence-corrected chi connectivity index (χ1v) is 7.95. The molecule has 0 aliphatic heterocycles. The highest BCUT2D eigenvalue weighted by Gasteiger charge is 2.20. The van der Waals surface area contributed by atoms with Crippen LogP contribution in [0, 0.1) is 5.92 Å². The molecule has 0 N–H and O–H groups in total. The fraction of sp³-hybridized carbons (Fsp3) is 0.429. The van der Waals surface area contributed by atoms with Crippen molar-refractivity contribution in [1.82, 2.24) is 20.2 Å². The quantitative estimate of drug-likeness (QED) is 0.602. The Balaban J connectivity index is 2.09. The van der Waals surface area contributed by atoms with Gasteiger partial charge in [0.25, 0.3) is 0 Å². The molecule has 0 aliphatic carbocycles. The number of benzene rings is 1. The summed E-state index contributed by atoms with van der Waals surface area (Å²) in [5.74, 6) is 0.452. The highest BCUT2D eigenvalue weighted by atomic mass is 35.5. The van der Waals surface area contributed by atoms with Crippen molar-refractivity contribution in [3.05, 3.63) is 34.9 Å². The Bertz CT molecular complexity index is 629. The lowest BCUT2D eigenvalue weighted by molar-refractivity contribution is 0.0994. The number of carbonyl (C=O) groups is 1. The number of hydrogen-bond donors (Lipinski definition) is 0. The second-order valence-electron chi connectivity index (χ2n) is 5.17. The molecule has 7 heteroatoms. The highest BCUT2D eigenvalue weighted by molar-refractivity contribution is 8.00. The molecule has 21 heavy (non-hydrogen) atoms. The molecule has 0 spiro atoms. The first kappa shape index (κ1) is 16.0. The third-order valence-corrected chi connectivity index (χ3v) is 4.10. The number of ketones is 1. The van der Waals surface area contributed by atoms with Gasteiger partial charge in [0.05, 0.1) is 5.25 Å². The van der Waals surface area contributed by atoms with Gasteiger partial charge in [-0.05, 0) is 35.4 Å². The first-order valence-electron chi connectivity index (χ1n) is 6.70. The summed E-state index contributed by atoms with van der Waals surface area (Å²) in [6, 6.07) is 6.97. The van der Waals surface area contributed by atoms with E-state index in [0.717, 1.165) is 6.54 Å². The van der Waals surface area contributed by atoms with Crippen molar-refractivity contribution in [2.24, 2.45) is 5.92 Å². The van der Waals surface area contributed by atoms with E-state index in [1.807, 2.05) is 6.92 Å². The van der Waals surface area contributed by atoms with Gasteiger partial charge in [0.2, 0.25) is 5.16 Å². The summed E-state index contributed by atoms with van der Waals surface area (Å²) in [6.45, 7) is 6.77. The van der Waals surface area contributed by atoms with Crippen molar-refractivity contribution in [3.8, 4) is 0 Å². The summed E-state index contributed by atoms with van der Waals surface area (Å²) in [7, 11) is 0. The van der Waals surface area contributed by atoms with Crippen molar-refractivity contribution >= 4 is 29.1 Å². The monoisotopic (exact) mass is 324 g/mol. The van der Waals surface area contributed by atoms with E-state index in [1.54, 1.807) is 28.9 Å². The number of rotatable bonds is 6. The molecule has 5 nitrogen and oxygen atoms in total. The van der Waals surface area contributed by atoms with Crippen LogP contribution in [0.1, 0.15) is 31.1 Å². The van der Waals surface area contributed by atoms with E-state index in [-0.39, 0.29) is 11.0 Å². The van der Waals surface area contributed by atoms with Crippen LogP contribution < -0.4 is 0 Å². The number of nitrogens with zero attached hydrogens (tertiary/aromatic N) is 4. The van der Waals surface area contributed by atoms with Crippen LogP contribution in [0.5, 0.6) is 0 Å². The molecular formula is C14H17ClN4OS. The van der Waals surface area contributed by atoms with E-state index in [1.165, 1.54) is 11.8 Å². The Labute approximate surface area is 133 Å². The highest BCUT2D eigenvalue weighted by Crippen LogP contribution is 2.24. The minimum atomic E-state index is -0.277. The number of hydrogen-bond acceptors (Lipinski definition) is 5. The smallest absolute Gasteiger partial charge is 0.210 e. The van der Waals surface area contributed by atoms with Gasteiger partial charge < -0.3 is 0 Å². The number of Topliss-reactive ketones (excluding diaryl/α,β-unsaturated/α-hetero) is 1. The van der Waals surface area contributed by atoms with E-state index < -0.39 is 0 Å². The Hall–Kier alpha value is -1.40. The average molecular weight is 325 g/mol. The third-order valence-electron chi connectivity index (χ3n) is 2.80. The molecule has 0 fully saturated rings. The molecule has 0 saturated carbocycles. The van der Waals surface area contributed by atoms with Crippen LogP contribution in [0.2, 0.25) is 5.02 Å². The molecule has 0 bridgehead atoms. The van der Waals surface area contributed by atoms with Crippen LogP contribution in [0.25, 0.3) is 0 Å². The number of tetrazole rings is 1. The standard InChI is InChI=1S/C14H17ClN4OS/c1-9(2)8-19-14(16-17-18-19)21-10(3)13(20)11-5-4-6-12(15)7-11/h4-7,9-10H,8H2,1-3H3. The summed E-state index contributed by atoms with van der Waals surface area (Å²) < 4.78 is 1.73. The van der Waals surface area contributed by atoms with Gasteiger partial charge in [-0.15, -0.1) is 5.10 Å². The number of aromatic nitrogens is 4. The van der Waals surface area contributed by atoms with Gasteiger partial charge in [0.1, 0.15) is 0 Å². The fourth-order valence-corrected chi connectivity index (χ4v) is 2.90. The fourth-order valence-electron chi connectivity index (χ4n) is 1.83. The second kappa shape index (κ2) is 7.04. The van der Waals surface area contributed by atoms with Gasteiger partial charge >= 0.3 is 0 Å². The molecule has 2 aromatic rings. The molecule has 0 saturated heterocycles. The van der Waals surface area contributed by atoms with Gasteiger partial charge in [0, 0.05) is 17.1 Å². The molecule has 1 aromatic carbocycles. The van der Waals surface area contributed by atoms with Crippen molar-refractivity contribution in [2.45, 2.75) is 37.7 Å². The van der Waals surface area contributed by atoms with E-state index in [2.05, 4.69) is 29.4 Å². The lowest BCUT2D eigenvalue weighted by Gasteiger charge is -2.11. The van der Waals surface area contributed by atoms with Crippen LogP contribution in [-0.4, -0.2) is 31.2 Å². The van der Waals surface area contributed by atoms with Crippen LogP contribution in [-0.2, 0) is 6.54 Å². The maximum absolute atomic E-state index is 12.4. The number of halogens is 1. The van der Waals surface area contributed by atoms with Gasteiger partial charge in [-0.25, -0.2) is 4.68 Å². The van der Waals surface area contributed by atoms with E-state index in [4.69, 9.17) is 11.6 Å². The van der Waals surface area contributed by atoms with Crippen molar-refractivity contribution < 1.29 is 4.79 Å². The summed E-state index contributed by atoms with van der Waals surface area (Å²) >= 11 is 7.29. The molecule has 1 unspecified atom stereocenters. The zero-order chi connectivity index (χ0) is 15.4. The second-order valence-corrected chi connectivity index (χ2v) is 6.92. The van der Waals surface area contributed by atoms with Gasteiger partial charge in [0.15, 0.2) is 5.78 Å². The van der Waals surface area contributed by atoms with Gasteiger partial charge in [-0.3, -0.25) is 4.79 Å². The predicted octanol–water partition coefficient (Wildman–Crippen LogP) is 3.35. The largest absolute Gasteiger partial charge is 0.293 e. The lowest BCUT2D eigenvalue weighted by atomic mass is 10.1. The zero-order valence-electron chi connectivity index (χ0n) is 12.2. The van der Waals surface area contributed by atoms with E-state index in [9.17, 15) is 4.79 Å². The number of thioether (sulfide) groups is 1. The van der Waals surface area contributed by atoms with Crippen molar-refractivity contribution in [3.63, 3.8) is 0 Å². The van der Waals surface area contributed by atoms with Crippen LogP contribution in [0.4, 0.5) is 0 Å². The average Bonchev–Trinajstić information content (AvgIpc) is 2.84. The van der Waals surface area contributed by atoms with Crippen molar-refractivity contribution in [2.75, 3.05) is 0 Å². The van der Waals surface area contributed by atoms with Crippen molar-refractivity contribution in [1.29, 1.82) is 0 Å². The molecule has 2 rings (SSSR count). The Morgan fingerprint density at radius 3 is 2.81 bits per heavy atom. The number of carbonyl (C=O) groups excluding carboxylic acids is 1. The minimum absolute atomic E-state index is 0.0154.